The molecule has 3 aromatic heterocycles. The number of nitrogens with zero attached hydrogens (tertiary/aromatic N) is 6. The zero-order chi connectivity index (χ0) is 16.4. The summed E-state index contributed by atoms with van der Waals surface area (Å²) >= 11 is 3.42. The van der Waals surface area contributed by atoms with Crippen molar-refractivity contribution in [2.24, 2.45) is 0 Å². The van der Waals surface area contributed by atoms with Crippen LogP contribution in [0, 0.1) is 6.92 Å². The van der Waals surface area contributed by atoms with Crippen LogP contribution in [0.1, 0.15) is 17.1 Å². The molecule has 0 atom stereocenters. The number of fused-ring (bicyclic) bond motifs is 1. The maximum atomic E-state index is 4.70. The average molecular weight is 362 g/mol. The molecule has 0 aliphatic carbocycles. The molecule has 0 saturated heterocycles. The summed E-state index contributed by atoms with van der Waals surface area (Å²) in [6.07, 6.45) is 4.95. The van der Waals surface area contributed by atoms with Gasteiger partial charge in [-0.2, -0.15) is 5.10 Å². The Kier molecular flexibility index (Phi) is 4.63. The molecule has 126 valence electrons. The lowest BCUT2D eigenvalue weighted by molar-refractivity contribution is 0.476. The zero-order valence-electron chi connectivity index (χ0n) is 13.5. The molecule has 0 spiro atoms. The zero-order valence-corrected chi connectivity index (χ0v) is 15.1. The molecule has 1 N–H and O–H groups in total. The van der Waals surface area contributed by atoms with E-state index in [1.165, 1.54) is 5.69 Å². The second-order valence-corrected chi connectivity index (χ2v) is 8.18. The molecule has 0 fully saturated rings. The van der Waals surface area contributed by atoms with Gasteiger partial charge in [0.25, 0.3) is 0 Å². The van der Waals surface area contributed by atoms with Gasteiger partial charge in [0.2, 0.25) is 0 Å². The summed E-state index contributed by atoms with van der Waals surface area (Å²) in [5.41, 5.74) is 2.19. The number of imidazole rings is 1. The van der Waals surface area contributed by atoms with Crippen molar-refractivity contribution in [1.29, 1.82) is 0 Å². The number of aryl methyl sites for hydroxylation is 2. The molecule has 9 heteroatoms. The lowest BCUT2D eigenvalue weighted by atomic mass is 10.3. The van der Waals surface area contributed by atoms with Crippen LogP contribution in [-0.2, 0) is 19.6 Å². The highest BCUT2D eigenvalue weighted by atomic mass is 32.2. The minimum atomic E-state index is 0.881. The minimum absolute atomic E-state index is 0.881. The number of nitrogens with one attached hydrogen (secondary N) is 1. The monoisotopic (exact) mass is 361 g/mol. The highest BCUT2D eigenvalue weighted by molar-refractivity contribution is 8.01. The van der Waals surface area contributed by atoms with E-state index in [2.05, 4.69) is 35.8 Å². The molecule has 0 saturated carbocycles. The molecule has 0 radical (unpaired) electrons. The van der Waals surface area contributed by atoms with Gasteiger partial charge in [-0.05, 0) is 19.4 Å². The van der Waals surface area contributed by atoms with E-state index in [0.29, 0.717) is 0 Å². The van der Waals surface area contributed by atoms with Crippen molar-refractivity contribution in [2.45, 2.75) is 37.3 Å². The maximum Gasteiger partial charge on any atom is 0.174 e. The third kappa shape index (κ3) is 3.38. The lowest BCUT2D eigenvalue weighted by Crippen LogP contribution is -2.28. The summed E-state index contributed by atoms with van der Waals surface area (Å²) < 4.78 is 5.32. The standard InChI is InChI=1S/C15H19N7S2/c1-11-18-19-15(24-11)23-8-2-5-21-6-4-17-14(21)13-9-12-10-16-3-7-22(12)20-13/h4,6,9,16H,2-3,5,7-8,10H2,1H3. The highest BCUT2D eigenvalue weighted by Crippen LogP contribution is 2.23. The van der Waals surface area contributed by atoms with Gasteiger partial charge in [-0.15, -0.1) is 10.2 Å². The number of thioether (sulfide) groups is 1. The first-order valence-corrected chi connectivity index (χ1v) is 9.81. The Morgan fingerprint density at radius 3 is 3.17 bits per heavy atom. The minimum Gasteiger partial charge on any atom is -0.330 e. The van der Waals surface area contributed by atoms with Crippen LogP contribution in [0.5, 0.6) is 0 Å². The number of hydrogen-bond acceptors (Lipinski definition) is 7. The largest absolute Gasteiger partial charge is 0.330 e. The molecule has 0 unspecified atom stereocenters. The Labute approximate surface area is 148 Å². The van der Waals surface area contributed by atoms with Gasteiger partial charge in [0.05, 0.1) is 12.2 Å². The first-order valence-electron chi connectivity index (χ1n) is 8.01. The molecule has 0 aromatic carbocycles. The van der Waals surface area contributed by atoms with Crippen LogP contribution in [0.2, 0.25) is 0 Å². The van der Waals surface area contributed by atoms with Crippen molar-refractivity contribution >= 4 is 23.1 Å². The van der Waals surface area contributed by atoms with Gasteiger partial charge in [-0.3, -0.25) is 4.68 Å². The Morgan fingerprint density at radius 2 is 2.33 bits per heavy atom. The van der Waals surface area contributed by atoms with Crippen LogP contribution in [0.25, 0.3) is 11.5 Å². The van der Waals surface area contributed by atoms with Crippen LogP contribution in [0.4, 0.5) is 0 Å². The van der Waals surface area contributed by atoms with Crippen LogP contribution in [0.3, 0.4) is 0 Å². The van der Waals surface area contributed by atoms with Crippen molar-refractivity contribution in [2.75, 3.05) is 12.3 Å². The predicted octanol–water partition coefficient (Wildman–Crippen LogP) is 2.19. The third-order valence-electron chi connectivity index (χ3n) is 3.89. The van der Waals surface area contributed by atoms with Crippen LogP contribution in [-0.4, -0.2) is 41.8 Å². The van der Waals surface area contributed by atoms with Gasteiger partial charge in [0.15, 0.2) is 10.2 Å². The van der Waals surface area contributed by atoms with Crippen LogP contribution < -0.4 is 5.32 Å². The third-order valence-corrected chi connectivity index (χ3v) is 5.95. The molecule has 0 bridgehead atoms. The Hall–Kier alpha value is -1.71. The maximum absolute atomic E-state index is 4.70. The van der Waals surface area contributed by atoms with E-state index in [-0.39, 0.29) is 0 Å². The van der Waals surface area contributed by atoms with Gasteiger partial charge in [0, 0.05) is 37.8 Å². The molecule has 0 amide bonds. The van der Waals surface area contributed by atoms with Crippen LogP contribution >= 0.6 is 23.1 Å². The molecular weight excluding hydrogens is 342 g/mol. The SMILES string of the molecule is Cc1nnc(SCCCn2ccnc2-c2cc3n(n2)CCNC3)s1. The topological polar surface area (TPSA) is 73.5 Å². The Bertz CT molecular complexity index is 796. The summed E-state index contributed by atoms with van der Waals surface area (Å²) in [6.45, 7) is 5.70. The fourth-order valence-electron chi connectivity index (χ4n) is 2.76. The van der Waals surface area contributed by atoms with E-state index >= 15 is 0 Å². The van der Waals surface area contributed by atoms with Crippen molar-refractivity contribution in [3.05, 3.63) is 29.2 Å². The van der Waals surface area contributed by atoms with Crippen molar-refractivity contribution in [3.63, 3.8) is 0 Å². The summed E-state index contributed by atoms with van der Waals surface area (Å²) in [6, 6.07) is 2.14. The van der Waals surface area contributed by atoms with Gasteiger partial charge in [0.1, 0.15) is 10.7 Å². The number of rotatable bonds is 6. The van der Waals surface area contributed by atoms with Crippen molar-refractivity contribution in [1.82, 2.24) is 34.8 Å². The quantitative estimate of drug-likeness (QED) is 0.536. The van der Waals surface area contributed by atoms with Gasteiger partial charge in [-0.25, -0.2) is 4.98 Å². The molecule has 4 heterocycles. The fourth-order valence-corrected chi connectivity index (χ4v) is 4.57. The molecular formula is C15H19N7S2. The van der Waals surface area contributed by atoms with E-state index in [1.807, 2.05) is 19.3 Å². The summed E-state index contributed by atoms with van der Waals surface area (Å²) in [5, 5.41) is 17.3. The molecule has 4 rings (SSSR count). The Morgan fingerprint density at radius 1 is 1.38 bits per heavy atom. The van der Waals surface area contributed by atoms with Crippen molar-refractivity contribution < 1.29 is 0 Å². The summed E-state index contributed by atoms with van der Waals surface area (Å²) in [7, 11) is 0. The average Bonchev–Trinajstić information content (AvgIpc) is 3.30. The fraction of sp³-hybridized carbons (Fsp3) is 0.467. The smallest absolute Gasteiger partial charge is 0.174 e. The molecule has 3 aromatic rings. The first-order chi connectivity index (χ1) is 11.8. The van der Waals surface area contributed by atoms with Crippen LogP contribution in [0.15, 0.2) is 22.8 Å². The molecule has 7 nitrogen and oxygen atoms in total. The van der Waals surface area contributed by atoms with Gasteiger partial charge < -0.3 is 9.88 Å². The van der Waals surface area contributed by atoms with E-state index in [0.717, 1.165) is 59.2 Å². The molecule has 1 aliphatic heterocycles. The summed E-state index contributed by atoms with van der Waals surface area (Å²) in [4.78, 5) is 4.51. The lowest BCUT2D eigenvalue weighted by Gasteiger charge is -2.13. The van der Waals surface area contributed by atoms with E-state index < -0.39 is 0 Å². The molecule has 24 heavy (non-hydrogen) atoms. The normalized spacial score (nSPS) is 14.0. The van der Waals surface area contributed by atoms with E-state index in [9.17, 15) is 0 Å². The van der Waals surface area contributed by atoms with Gasteiger partial charge >= 0.3 is 0 Å². The van der Waals surface area contributed by atoms with Crippen molar-refractivity contribution in [3.8, 4) is 11.5 Å². The first kappa shape index (κ1) is 15.8. The second kappa shape index (κ2) is 7.04. The number of hydrogen-bond donors (Lipinski definition) is 1. The predicted molar refractivity (Wildman–Crippen MR) is 95.1 cm³/mol. The summed E-state index contributed by atoms with van der Waals surface area (Å²) in [5.74, 6) is 1.98. The Balaban J connectivity index is 1.38. The van der Waals surface area contributed by atoms with E-state index in [1.54, 1.807) is 23.1 Å². The van der Waals surface area contributed by atoms with Gasteiger partial charge in [-0.1, -0.05) is 23.1 Å². The molecule has 1 aliphatic rings. The van der Waals surface area contributed by atoms with E-state index in [4.69, 9.17) is 5.10 Å². The highest BCUT2D eigenvalue weighted by Gasteiger charge is 2.15. The second-order valence-electron chi connectivity index (χ2n) is 5.65. The number of aromatic nitrogens is 6.